The van der Waals surface area contributed by atoms with E-state index in [9.17, 15) is 13.2 Å². The number of hydrogen-bond donors (Lipinski definition) is 0. The van der Waals surface area contributed by atoms with Crippen molar-refractivity contribution in [2.75, 3.05) is 18.0 Å². The van der Waals surface area contributed by atoms with E-state index in [1.54, 1.807) is 24.3 Å². The quantitative estimate of drug-likeness (QED) is 0.509. The van der Waals surface area contributed by atoms with Gasteiger partial charge in [-0.3, -0.25) is 4.79 Å². The number of aryl methyl sites for hydroxylation is 2. The number of sulfonamides is 1. The van der Waals surface area contributed by atoms with E-state index >= 15 is 0 Å². The zero-order valence-corrected chi connectivity index (χ0v) is 18.9. The lowest BCUT2D eigenvalue weighted by Gasteiger charge is -2.23. The molecule has 31 heavy (non-hydrogen) atoms. The van der Waals surface area contributed by atoms with Crippen molar-refractivity contribution in [3.05, 3.63) is 82.9 Å². The van der Waals surface area contributed by atoms with Gasteiger partial charge in [0.05, 0.1) is 17.7 Å². The maximum absolute atomic E-state index is 13.3. The van der Waals surface area contributed by atoms with E-state index < -0.39 is 22.5 Å². The van der Waals surface area contributed by atoms with Crippen LogP contribution in [0.1, 0.15) is 11.1 Å². The Kier molecular flexibility index (Phi) is 6.87. The molecule has 0 spiro atoms. The minimum atomic E-state index is -4.20. The smallest absolute Gasteiger partial charge is 0.278 e. The summed E-state index contributed by atoms with van der Waals surface area (Å²) in [6.45, 7) is 3.44. The normalized spacial score (nSPS) is 11.1. The van der Waals surface area contributed by atoms with E-state index in [1.807, 2.05) is 19.9 Å². The zero-order valence-electron chi connectivity index (χ0n) is 17.3. The van der Waals surface area contributed by atoms with Gasteiger partial charge in [0, 0.05) is 5.02 Å². The van der Waals surface area contributed by atoms with Crippen molar-refractivity contribution in [2.24, 2.45) is 0 Å². The maximum atomic E-state index is 13.3. The second-order valence-corrected chi connectivity index (χ2v) is 9.07. The van der Waals surface area contributed by atoms with Crippen molar-refractivity contribution < 1.29 is 22.7 Å². The van der Waals surface area contributed by atoms with E-state index in [2.05, 4.69) is 0 Å². The maximum Gasteiger partial charge on any atom is 0.278 e. The highest BCUT2D eigenvalue weighted by atomic mass is 35.5. The molecular formula is C23H22ClNO5S. The molecule has 0 radical (unpaired) electrons. The second-order valence-electron chi connectivity index (χ2n) is 6.85. The summed E-state index contributed by atoms with van der Waals surface area (Å²) in [6, 6.07) is 17.2. The molecule has 0 fully saturated rings. The number of benzene rings is 3. The average molecular weight is 460 g/mol. The molecule has 0 N–H and O–H groups in total. The Morgan fingerprint density at radius 3 is 2.10 bits per heavy atom. The van der Waals surface area contributed by atoms with Gasteiger partial charge < -0.3 is 9.47 Å². The monoisotopic (exact) mass is 459 g/mol. The highest BCUT2D eigenvalue weighted by molar-refractivity contribution is 7.93. The summed E-state index contributed by atoms with van der Waals surface area (Å²) in [6.07, 6.45) is 0. The molecule has 0 atom stereocenters. The van der Waals surface area contributed by atoms with Crippen molar-refractivity contribution >= 4 is 33.2 Å². The topological polar surface area (TPSA) is 72.9 Å². The third-order valence-corrected chi connectivity index (χ3v) is 6.74. The van der Waals surface area contributed by atoms with Crippen molar-refractivity contribution in [2.45, 2.75) is 18.7 Å². The van der Waals surface area contributed by atoms with Crippen LogP contribution in [0.4, 0.5) is 5.69 Å². The third kappa shape index (κ3) is 5.18. The number of rotatable bonds is 7. The molecule has 3 rings (SSSR count). The molecule has 3 aromatic carbocycles. The lowest BCUT2D eigenvalue weighted by molar-refractivity contribution is -0.119. The molecule has 0 saturated heterocycles. The number of anilines is 1. The molecule has 0 aliphatic rings. The zero-order chi connectivity index (χ0) is 22.6. The molecule has 162 valence electrons. The molecule has 0 saturated carbocycles. The first kappa shape index (κ1) is 22.7. The van der Waals surface area contributed by atoms with Crippen LogP contribution in [0.2, 0.25) is 5.02 Å². The fraction of sp³-hybridized carbons (Fsp3) is 0.174. The molecule has 0 aromatic heterocycles. The summed E-state index contributed by atoms with van der Waals surface area (Å²) < 4.78 is 38.1. The molecule has 0 bridgehead atoms. The Balaban J connectivity index is 1.95. The number of hydrogen-bond acceptors (Lipinski definition) is 5. The van der Waals surface area contributed by atoms with Crippen molar-refractivity contribution in [3.63, 3.8) is 0 Å². The number of nitrogens with zero attached hydrogens (tertiary/aromatic N) is 1. The van der Waals surface area contributed by atoms with E-state index in [0.29, 0.717) is 16.5 Å². The minimum Gasteiger partial charge on any atom is -0.497 e. The van der Waals surface area contributed by atoms with Crippen LogP contribution in [-0.2, 0) is 14.8 Å². The molecule has 0 aliphatic carbocycles. The van der Waals surface area contributed by atoms with Gasteiger partial charge in [-0.05, 0) is 85.6 Å². The first-order valence-electron chi connectivity index (χ1n) is 9.40. The Morgan fingerprint density at radius 2 is 1.52 bits per heavy atom. The average Bonchev–Trinajstić information content (AvgIpc) is 2.75. The Morgan fingerprint density at radius 1 is 0.903 bits per heavy atom. The van der Waals surface area contributed by atoms with Gasteiger partial charge in [0.25, 0.3) is 15.9 Å². The minimum absolute atomic E-state index is 0.0627. The summed E-state index contributed by atoms with van der Waals surface area (Å²) in [7, 11) is -2.70. The summed E-state index contributed by atoms with van der Waals surface area (Å²) in [5.41, 5.74) is 2.26. The van der Waals surface area contributed by atoms with Gasteiger partial charge >= 0.3 is 0 Å². The van der Waals surface area contributed by atoms with Crippen LogP contribution in [0.3, 0.4) is 0 Å². The van der Waals surface area contributed by atoms with Gasteiger partial charge in [-0.15, -0.1) is 0 Å². The highest BCUT2D eigenvalue weighted by Crippen LogP contribution is 2.27. The van der Waals surface area contributed by atoms with Gasteiger partial charge in [0.2, 0.25) is 0 Å². The number of ether oxygens (including phenoxy) is 2. The summed E-state index contributed by atoms with van der Waals surface area (Å²) in [5.74, 6) is 0.278. The van der Waals surface area contributed by atoms with Crippen LogP contribution in [-0.4, -0.2) is 28.0 Å². The van der Waals surface area contributed by atoms with Crippen LogP contribution in [0.25, 0.3) is 0 Å². The standard InChI is InChI=1S/C23H22ClNO5S/c1-16-4-9-21(14-17(16)2)30-15-23(26)25(19-7-10-20(29-3)11-8-19)31(27,28)22-12-5-18(24)6-13-22/h4-14H,15H2,1-3H3. The first-order chi connectivity index (χ1) is 14.7. The van der Waals surface area contributed by atoms with Gasteiger partial charge in [0.15, 0.2) is 6.61 Å². The second kappa shape index (κ2) is 9.41. The molecule has 1 amide bonds. The van der Waals surface area contributed by atoms with Crippen LogP contribution in [0.15, 0.2) is 71.6 Å². The Bertz CT molecular complexity index is 1180. The van der Waals surface area contributed by atoms with Gasteiger partial charge in [0.1, 0.15) is 11.5 Å². The lowest BCUT2D eigenvalue weighted by atomic mass is 10.1. The third-order valence-electron chi connectivity index (χ3n) is 4.73. The Labute approximate surface area is 187 Å². The summed E-state index contributed by atoms with van der Waals surface area (Å²) >= 11 is 5.89. The first-order valence-corrected chi connectivity index (χ1v) is 11.2. The van der Waals surface area contributed by atoms with E-state index in [0.717, 1.165) is 15.4 Å². The summed E-state index contributed by atoms with van der Waals surface area (Å²) in [5, 5.41) is 0.388. The van der Waals surface area contributed by atoms with Gasteiger partial charge in [-0.2, -0.15) is 4.31 Å². The SMILES string of the molecule is COc1ccc(N(C(=O)COc2ccc(C)c(C)c2)S(=O)(=O)c2ccc(Cl)cc2)cc1. The van der Waals surface area contributed by atoms with Crippen molar-refractivity contribution in [1.82, 2.24) is 0 Å². The fourth-order valence-electron chi connectivity index (χ4n) is 2.85. The van der Waals surface area contributed by atoms with Crippen LogP contribution in [0, 0.1) is 13.8 Å². The lowest BCUT2D eigenvalue weighted by Crippen LogP contribution is -2.40. The highest BCUT2D eigenvalue weighted by Gasteiger charge is 2.31. The van der Waals surface area contributed by atoms with E-state index in [1.165, 1.54) is 43.5 Å². The number of methoxy groups -OCH3 is 1. The van der Waals surface area contributed by atoms with Crippen molar-refractivity contribution in [3.8, 4) is 11.5 Å². The van der Waals surface area contributed by atoms with E-state index in [-0.39, 0.29) is 10.6 Å². The van der Waals surface area contributed by atoms with Crippen LogP contribution in [0.5, 0.6) is 11.5 Å². The predicted octanol–water partition coefficient (Wildman–Crippen LogP) is 4.77. The number of carbonyl (C=O) groups is 1. The molecule has 0 unspecified atom stereocenters. The van der Waals surface area contributed by atoms with Crippen LogP contribution >= 0.6 is 11.6 Å². The van der Waals surface area contributed by atoms with Gasteiger partial charge in [-0.1, -0.05) is 17.7 Å². The fourth-order valence-corrected chi connectivity index (χ4v) is 4.39. The molecule has 0 aliphatic heterocycles. The summed E-state index contributed by atoms with van der Waals surface area (Å²) in [4.78, 5) is 13.0. The van der Waals surface area contributed by atoms with E-state index in [4.69, 9.17) is 21.1 Å². The molecule has 3 aromatic rings. The largest absolute Gasteiger partial charge is 0.497 e. The molecule has 8 heteroatoms. The van der Waals surface area contributed by atoms with Gasteiger partial charge in [-0.25, -0.2) is 8.42 Å². The predicted molar refractivity (Wildman–Crippen MR) is 121 cm³/mol. The van der Waals surface area contributed by atoms with Crippen LogP contribution < -0.4 is 13.8 Å². The number of carbonyl (C=O) groups excluding carboxylic acids is 1. The number of halogens is 1. The molecule has 0 heterocycles. The Hall–Kier alpha value is -3.03. The molecular weight excluding hydrogens is 438 g/mol. The van der Waals surface area contributed by atoms with Crippen molar-refractivity contribution in [1.29, 1.82) is 0 Å². The molecule has 6 nitrogen and oxygen atoms in total. The number of amides is 1.